The molecule has 0 spiro atoms. The fourth-order valence-corrected chi connectivity index (χ4v) is 0. The summed E-state index contributed by atoms with van der Waals surface area (Å²) in [6.45, 7) is 0. The summed E-state index contributed by atoms with van der Waals surface area (Å²) in [5.41, 5.74) is 0. The van der Waals surface area contributed by atoms with E-state index in [-0.39, 0.29) is 5.34 Å². The first-order chi connectivity index (χ1) is 7.41. The van der Waals surface area contributed by atoms with Gasteiger partial charge in [-0.2, -0.15) is 0 Å². The van der Waals surface area contributed by atoms with Gasteiger partial charge in [-0.1, -0.05) is 0 Å². The lowest BCUT2D eigenvalue weighted by Gasteiger charge is -1.94. The molecule has 0 aliphatic carbocycles. The van der Waals surface area contributed by atoms with Gasteiger partial charge in [-0.25, -0.2) is 0 Å². The van der Waals surface area contributed by atoms with Crippen molar-refractivity contribution >= 4 is 45.0 Å². The monoisotopic (exact) mass is 345 g/mol. The van der Waals surface area contributed by atoms with E-state index in [0.717, 1.165) is 0 Å². The number of rotatable bonds is 0. The van der Waals surface area contributed by atoms with Gasteiger partial charge in [-0.3, -0.25) is 0 Å². The summed E-state index contributed by atoms with van der Waals surface area (Å²) in [6.07, 6.45) is 0. The largest absolute Gasteiger partial charge is 0.673 e. The molecule has 17 heteroatoms. The maximum Gasteiger partial charge on any atom is 0.673 e. The Morgan fingerprint density at radius 3 is 0.444 bits per heavy atom. The normalized spacial score (nSPS) is 11.0. The molecule has 0 heterocycles. The van der Waals surface area contributed by atoms with Gasteiger partial charge in [0.1, 0.15) is 0 Å². The maximum atomic E-state index is 9.75. The summed E-state index contributed by atoms with van der Waals surface area (Å²) >= 11 is 9.53. The molecule has 18 heavy (non-hydrogen) atoms. The molecule has 0 N–H and O–H groups in total. The first-order valence-corrected chi connectivity index (χ1v) is 4.22. The lowest BCUT2D eigenvalue weighted by molar-refractivity contribution is 0.366. The van der Waals surface area contributed by atoms with Crippen LogP contribution in [0.2, 0.25) is 0 Å². The highest BCUT2D eigenvalue weighted by atomic mass is 35.5. The van der Waals surface area contributed by atoms with E-state index in [1.807, 2.05) is 0 Å². The molecule has 0 aliphatic heterocycles. The smallest absolute Gasteiger partial charge is 0.418 e. The van der Waals surface area contributed by atoms with Crippen LogP contribution in [0.4, 0.5) is 51.8 Å². The van der Waals surface area contributed by atoms with E-state index in [2.05, 4.69) is 0 Å². The third-order valence-corrected chi connectivity index (χ3v) is 0. The summed E-state index contributed by atoms with van der Waals surface area (Å²) < 4.78 is 117. The maximum absolute atomic E-state index is 9.75. The Morgan fingerprint density at radius 1 is 0.444 bits per heavy atom. The molecule has 0 nitrogen and oxygen atoms in total. The lowest BCUT2D eigenvalue weighted by atomic mass is 10.3. The van der Waals surface area contributed by atoms with Gasteiger partial charge in [0, 0.05) is 0 Å². The summed E-state index contributed by atoms with van der Waals surface area (Å²) in [5, 5.41) is 0.194. The lowest BCUT2D eigenvalue weighted by Crippen LogP contribution is -2.02. The standard InChI is InChI=1S/CH2Cl2.3BF4/c2-1-3;3*2-1(3,4)5/h1H2;;;/q;3*-1. The molecule has 0 rings (SSSR count). The van der Waals surface area contributed by atoms with Crippen LogP contribution in [0.1, 0.15) is 0 Å². The van der Waals surface area contributed by atoms with E-state index in [1.54, 1.807) is 0 Å². The van der Waals surface area contributed by atoms with Crippen LogP contribution in [0.25, 0.3) is 0 Å². The SMILES string of the molecule is ClCCl.F[B-](F)(F)F.F[B-](F)(F)F.F[B-](F)(F)F. The predicted octanol–water partition coefficient (Wildman–Crippen LogP) is 5.32. The van der Waals surface area contributed by atoms with E-state index in [1.165, 1.54) is 0 Å². The third-order valence-electron chi connectivity index (χ3n) is 0. The number of hydrogen-bond donors (Lipinski definition) is 0. The van der Waals surface area contributed by atoms with Crippen molar-refractivity contribution in [3.63, 3.8) is 0 Å². The van der Waals surface area contributed by atoms with Crippen molar-refractivity contribution in [2.75, 3.05) is 5.34 Å². The molecule has 0 aromatic rings. The molecule has 0 aromatic carbocycles. The molecular weight excluding hydrogens is 343 g/mol. The Kier molecular flexibility index (Phi) is 17.6. The van der Waals surface area contributed by atoms with Crippen molar-refractivity contribution in [3.05, 3.63) is 0 Å². The second kappa shape index (κ2) is 12.0. The van der Waals surface area contributed by atoms with Crippen LogP contribution < -0.4 is 0 Å². The molecule has 0 saturated carbocycles. The van der Waals surface area contributed by atoms with Gasteiger partial charge in [-0.15, -0.1) is 23.2 Å². The van der Waals surface area contributed by atoms with Crippen molar-refractivity contribution in [3.8, 4) is 0 Å². The van der Waals surface area contributed by atoms with Gasteiger partial charge in [-0.05, 0) is 0 Å². The Labute approximate surface area is 103 Å². The molecule has 0 aromatic heterocycles. The average Bonchev–Trinajstić information content (AvgIpc) is 1.71. The Bertz CT molecular complexity index is 112. The van der Waals surface area contributed by atoms with E-state index in [0.29, 0.717) is 0 Å². The molecule has 0 unspecified atom stereocenters. The van der Waals surface area contributed by atoms with Gasteiger partial charge in [0.15, 0.2) is 0 Å². The molecule has 0 atom stereocenters. The van der Waals surface area contributed by atoms with Gasteiger partial charge < -0.3 is 51.8 Å². The summed E-state index contributed by atoms with van der Waals surface area (Å²) in [5.74, 6) is 0. The van der Waals surface area contributed by atoms with Crippen LogP contribution in [0.3, 0.4) is 0 Å². The minimum absolute atomic E-state index is 0.194. The van der Waals surface area contributed by atoms with Crippen LogP contribution in [-0.4, -0.2) is 27.1 Å². The van der Waals surface area contributed by atoms with Crippen LogP contribution in [-0.2, 0) is 0 Å². The third kappa shape index (κ3) is 836000. The topological polar surface area (TPSA) is 0 Å². The van der Waals surface area contributed by atoms with Crippen LogP contribution >= 0.6 is 23.2 Å². The highest BCUT2D eigenvalue weighted by Gasteiger charge is 2.21. The van der Waals surface area contributed by atoms with Crippen molar-refractivity contribution < 1.29 is 51.8 Å². The second-order valence-electron chi connectivity index (χ2n) is 1.59. The fraction of sp³-hybridized carbons (Fsp3) is 1.00. The molecule has 0 saturated heterocycles. The second-order valence-corrected chi connectivity index (χ2v) is 2.39. The summed E-state index contributed by atoms with van der Waals surface area (Å²) in [4.78, 5) is 0. The quantitative estimate of drug-likeness (QED) is 0.317. The van der Waals surface area contributed by atoms with Crippen molar-refractivity contribution in [1.29, 1.82) is 0 Å². The molecule has 0 radical (unpaired) electrons. The Morgan fingerprint density at radius 2 is 0.444 bits per heavy atom. The fourth-order valence-electron chi connectivity index (χ4n) is 0. The molecule has 0 bridgehead atoms. The molecule has 0 amide bonds. The molecule has 0 aliphatic rings. The van der Waals surface area contributed by atoms with E-state index < -0.39 is 21.8 Å². The minimum atomic E-state index is -6.00. The zero-order valence-electron chi connectivity index (χ0n) is 7.73. The van der Waals surface area contributed by atoms with Crippen LogP contribution in [0, 0.1) is 0 Å². The van der Waals surface area contributed by atoms with E-state index in [9.17, 15) is 51.8 Å². The van der Waals surface area contributed by atoms with Gasteiger partial charge in [0.05, 0.1) is 5.34 Å². The first-order valence-electron chi connectivity index (χ1n) is 3.15. The molecular formula is CH2B3Cl2F12-3. The van der Waals surface area contributed by atoms with Gasteiger partial charge >= 0.3 is 21.8 Å². The average molecular weight is 345 g/mol. The number of alkyl halides is 2. The van der Waals surface area contributed by atoms with Gasteiger partial charge in [0.2, 0.25) is 0 Å². The number of halogens is 14. The van der Waals surface area contributed by atoms with Crippen molar-refractivity contribution in [2.45, 2.75) is 0 Å². The van der Waals surface area contributed by atoms with Crippen molar-refractivity contribution in [1.82, 2.24) is 0 Å². The highest BCUT2D eigenvalue weighted by molar-refractivity contribution is 6.50. The Hall–Kier alpha value is -0.0652. The first kappa shape index (κ1) is 26.5. The minimum Gasteiger partial charge on any atom is -0.418 e. The van der Waals surface area contributed by atoms with Gasteiger partial charge in [0.25, 0.3) is 0 Å². The van der Waals surface area contributed by atoms with Crippen molar-refractivity contribution in [2.24, 2.45) is 0 Å². The zero-order valence-corrected chi connectivity index (χ0v) is 9.24. The van der Waals surface area contributed by atoms with Crippen LogP contribution in [0.5, 0.6) is 0 Å². The highest BCUT2D eigenvalue weighted by Crippen LogP contribution is 2.07. The summed E-state index contributed by atoms with van der Waals surface area (Å²) in [7, 11) is -18.0. The molecule has 116 valence electrons. The summed E-state index contributed by atoms with van der Waals surface area (Å²) in [6, 6.07) is 0. The van der Waals surface area contributed by atoms with E-state index in [4.69, 9.17) is 23.2 Å². The predicted molar refractivity (Wildman–Crippen MR) is 47.1 cm³/mol. The number of hydrogen-bond acceptors (Lipinski definition) is 0. The van der Waals surface area contributed by atoms with Crippen LogP contribution in [0.15, 0.2) is 0 Å². The molecule has 0 fully saturated rings. The van der Waals surface area contributed by atoms with E-state index >= 15 is 0 Å². The zero-order chi connectivity index (χ0) is 16.2. The Balaban J connectivity index is -0.0000000739.